The van der Waals surface area contributed by atoms with Gasteiger partial charge in [0, 0.05) is 13.1 Å². The Morgan fingerprint density at radius 1 is 1.00 bits per heavy atom. The number of nitriles is 3. The molecule has 0 aromatic heterocycles. The second kappa shape index (κ2) is 8.49. The summed E-state index contributed by atoms with van der Waals surface area (Å²) in [7, 11) is 0. The van der Waals surface area contributed by atoms with Gasteiger partial charge in [0.05, 0.1) is 37.8 Å². The number of nitrogens with one attached hydrogen (secondary N) is 1. The molecule has 0 spiro atoms. The first-order chi connectivity index (χ1) is 6.35. The molecule has 13 heavy (non-hydrogen) atoms. The molecule has 0 fully saturated rings. The van der Waals surface area contributed by atoms with Crippen LogP contribution < -0.4 is 5.32 Å². The molecule has 0 saturated carbocycles. The predicted molar refractivity (Wildman–Crippen MR) is 46.1 cm³/mol. The number of hydrogen-bond acceptors (Lipinski definition) is 5. The zero-order chi connectivity index (χ0) is 9.94. The Balaban J connectivity index is 3.54. The number of nitrogens with zero attached hydrogens (tertiary/aromatic N) is 4. The third kappa shape index (κ3) is 6.77. The molecule has 0 rings (SSSR count). The highest BCUT2D eigenvalue weighted by molar-refractivity contribution is 4.84. The van der Waals surface area contributed by atoms with Gasteiger partial charge in [-0.2, -0.15) is 15.8 Å². The van der Waals surface area contributed by atoms with Crippen LogP contribution in [-0.2, 0) is 0 Å². The Kier molecular flexibility index (Phi) is 7.44. The molecule has 0 bridgehead atoms. The SMILES string of the molecule is N#CCNCCN(CC#N)CC#N. The van der Waals surface area contributed by atoms with Crippen molar-refractivity contribution in [1.29, 1.82) is 15.8 Å². The standard InChI is InChI=1S/C8H11N5/c9-1-4-12-5-8-13(6-2-10)7-3-11/h12H,4-8H2. The minimum absolute atomic E-state index is 0.252. The van der Waals surface area contributed by atoms with E-state index >= 15 is 0 Å². The molecule has 0 amide bonds. The first kappa shape index (κ1) is 11.4. The van der Waals surface area contributed by atoms with Crippen LogP contribution in [0.1, 0.15) is 0 Å². The van der Waals surface area contributed by atoms with E-state index in [1.54, 1.807) is 4.90 Å². The Morgan fingerprint density at radius 2 is 1.62 bits per heavy atom. The van der Waals surface area contributed by atoms with Crippen molar-refractivity contribution in [3.63, 3.8) is 0 Å². The summed E-state index contributed by atoms with van der Waals surface area (Å²) in [6, 6.07) is 5.90. The molecule has 68 valence electrons. The van der Waals surface area contributed by atoms with Crippen molar-refractivity contribution in [1.82, 2.24) is 10.2 Å². The molecule has 0 unspecified atom stereocenters. The van der Waals surface area contributed by atoms with Crippen molar-refractivity contribution in [3.8, 4) is 18.2 Å². The lowest BCUT2D eigenvalue weighted by molar-refractivity contribution is 0.341. The van der Waals surface area contributed by atoms with Crippen molar-refractivity contribution < 1.29 is 0 Å². The third-order valence-corrected chi connectivity index (χ3v) is 1.40. The summed E-state index contributed by atoms with van der Waals surface area (Å²) in [6.45, 7) is 2.04. The Labute approximate surface area is 77.8 Å². The quantitative estimate of drug-likeness (QED) is 0.434. The molecule has 0 heterocycles. The zero-order valence-corrected chi connectivity index (χ0v) is 7.32. The largest absolute Gasteiger partial charge is 0.303 e. The Morgan fingerprint density at radius 3 is 2.08 bits per heavy atom. The van der Waals surface area contributed by atoms with Gasteiger partial charge >= 0.3 is 0 Å². The summed E-state index contributed by atoms with van der Waals surface area (Å²) in [5.74, 6) is 0. The molecule has 1 N–H and O–H groups in total. The van der Waals surface area contributed by atoms with Crippen molar-refractivity contribution >= 4 is 0 Å². The van der Waals surface area contributed by atoms with E-state index in [0.717, 1.165) is 0 Å². The van der Waals surface area contributed by atoms with Crippen LogP contribution in [0, 0.1) is 34.0 Å². The van der Waals surface area contributed by atoms with E-state index in [1.165, 1.54) is 0 Å². The second-order valence-electron chi connectivity index (χ2n) is 2.36. The Bertz CT molecular complexity index is 225. The highest BCUT2D eigenvalue weighted by Crippen LogP contribution is 1.83. The Hall–Kier alpha value is -1.61. The van der Waals surface area contributed by atoms with E-state index in [4.69, 9.17) is 15.8 Å². The maximum absolute atomic E-state index is 8.39. The van der Waals surface area contributed by atoms with Crippen LogP contribution in [0.3, 0.4) is 0 Å². The molecule has 0 aromatic carbocycles. The van der Waals surface area contributed by atoms with Crippen LogP contribution in [0.15, 0.2) is 0 Å². The first-order valence-corrected chi connectivity index (χ1v) is 3.89. The summed E-state index contributed by atoms with van der Waals surface area (Å²) in [5, 5.41) is 27.9. The van der Waals surface area contributed by atoms with Crippen LogP contribution >= 0.6 is 0 Å². The van der Waals surface area contributed by atoms with Crippen molar-refractivity contribution in [2.75, 3.05) is 32.7 Å². The highest BCUT2D eigenvalue weighted by Gasteiger charge is 2.01. The predicted octanol–water partition coefficient (Wildman–Crippen LogP) is -0.551. The van der Waals surface area contributed by atoms with Gasteiger partial charge in [-0.15, -0.1) is 0 Å². The van der Waals surface area contributed by atoms with Gasteiger partial charge in [-0.3, -0.25) is 4.90 Å². The molecular weight excluding hydrogens is 166 g/mol. The number of hydrogen-bond donors (Lipinski definition) is 1. The average Bonchev–Trinajstić information content (AvgIpc) is 2.13. The highest BCUT2D eigenvalue weighted by atomic mass is 15.1. The summed E-state index contributed by atoms with van der Waals surface area (Å²) < 4.78 is 0. The number of rotatable bonds is 6. The van der Waals surface area contributed by atoms with Gasteiger partial charge in [0.2, 0.25) is 0 Å². The summed E-state index contributed by atoms with van der Waals surface area (Å²) in [5.41, 5.74) is 0. The fourth-order valence-electron chi connectivity index (χ4n) is 0.795. The van der Waals surface area contributed by atoms with Gasteiger partial charge in [0.25, 0.3) is 0 Å². The van der Waals surface area contributed by atoms with E-state index < -0.39 is 0 Å². The maximum atomic E-state index is 8.39. The fourth-order valence-corrected chi connectivity index (χ4v) is 0.795. The van der Waals surface area contributed by atoms with Gasteiger partial charge in [-0.05, 0) is 0 Å². The molecule has 5 heteroatoms. The van der Waals surface area contributed by atoms with Crippen LogP contribution in [0.4, 0.5) is 0 Å². The first-order valence-electron chi connectivity index (χ1n) is 3.89. The lowest BCUT2D eigenvalue weighted by Gasteiger charge is -2.14. The van der Waals surface area contributed by atoms with Crippen LogP contribution in [0.5, 0.6) is 0 Å². The van der Waals surface area contributed by atoms with Gasteiger partial charge < -0.3 is 5.32 Å². The summed E-state index contributed by atoms with van der Waals surface area (Å²) in [6.07, 6.45) is 0. The van der Waals surface area contributed by atoms with Gasteiger partial charge in [0.1, 0.15) is 0 Å². The van der Waals surface area contributed by atoms with Crippen molar-refractivity contribution in [2.45, 2.75) is 0 Å². The third-order valence-electron chi connectivity index (χ3n) is 1.40. The topological polar surface area (TPSA) is 86.6 Å². The molecule has 0 aliphatic heterocycles. The van der Waals surface area contributed by atoms with Gasteiger partial charge in [-0.25, -0.2) is 0 Å². The molecule has 0 aliphatic carbocycles. The van der Waals surface area contributed by atoms with Crippen LogP contribution in [-0.4, -0.2) is 37.6 Å². The molecule has 0 aromatic rings. The van der Waals surface area contributed by atoms with Gasteiger partial charge in [0.15, 0.2) is 0 Å². The smallest absolute Gasteiger partial charge is 0.0874 e. The molecule has 0 radical (unpaired) electrons. The van der Waals surface area contributed by atoms with Crippen LogP contribution in [0.2, 0.25) is 0 Å². The molecule has 5 nitrogen and oxygen atoms in total. The van der Waals surface area contributed by atoms with Crippen LogP contribution in [0.25, 0.3) is 0 Å². The lowest BCUT2D eigenvalue weighted by Crippen LogP contribution is -2.32. The van der Waals surface area contributed by atoms with E-state index in [9.17, 15) is 0 Å². The van der Waals surface area contributed by atoms with E-state index in [0.29, 0.717) is 19.6 Å². The van der Waals surface area contributed by atoms with Crippen molar-refractivity contribution in [2.24, 2.45) is 0 Å². The lowest BCUT2D eigenvalue weighted by atomic mass is 10.4. The summed E-state index contributed by atoms with van der Waals surface area (Å²) >= 11 is 0. The van der Waals surface area contributed by atoms with E-state index in [-0.39, 0.29) is 13.1 Å². The normalized spacial score (nSPS) is 8.77. The summed E-state index contributed by atoms with van der Waals surface area (Å²) in [4.78, 5) is 1.71. The van der Waals surface area contributed by atoms with E-state index in [2.05, 4.69) is 5.32 Å². The van der Waals surface area contributed by atoms with E-state index in [1.807, 2.05) is 18.2 Å². The zero-order valence-electron chi connectivity index (χ0n) is 7.32. The average molecular weight is 177 g/mol. The molecule has 0 aliphatic rings. The van der Waals surface area contributed by atoms with Gasteiger partial charge in [-0.1, -0.05) is 0 Å². The van der Waals surface area contributed by atoms with Crippen molar-refractivity contribution in [3.05, 3.63) is 0 Å². The second-order valence-corrected chi connectivity index (χ2v) is 2.36. The molecule has 0 saturated heterocycles. The monoisotopic (exact) mass is 177 g/mol. The fraction of sp³-hybridized carbons (Fsp3) is 0.625. The molecular formula is C8H11N5. The molecule has 0 atom stereocenters. The maximum Gasteiger partial charge on any atom is 0.0874 e. The minimum atomic E-state index is 0.252. The minimum Gasteiger partial charge on any atom is -0.303 e.